The first-order valence-corrected chi connectivity index (χ1v) is 10.2. The number of nitrogens with two attached hydrogens (primary N) is 1. The number of sulfonamides is 1. The number of hydrogen-bond acceptors (Lipinski definition) is 4. The summed E-state index contributed by atoms with van der Waals surface area (Å²) in [5.74, 6) is -1.74. The molecule has 0 aromatic heterocycles. The van der Waals surface area contributed by atoms with E-state index < -0.39 is 26.6 Å². The van der Waals surface area contributed by atoms with Gasteiger partial charge in [0.25, 0.3) is 0 Å². The Hall–Kier alpha value is -1.58. The van der Waals surface area contributed by atoms with Crippen LogP contribution in [0.1, 0.15) is 25.7 Å². The molecule has 3 rings (SSSR count). The van der Waals surface area contributed by atoms with Crippen molar-refractivity contribution >= 4 is 15.9 Å². The number of nitrogens with one attached hydrogen (secondary N) is 1. The molecule has 1 unspecified atom stereocenters. The van der Waals surface area contributed by atoms with Crippen molar-refractivity contribution in [1.82, 2.24) is 9.62 Å². The van der Waals surface area contributed by atoms with Crippen LogP contribution in [0.5, 0.6) is 0 Å². The second kappa shape index (κ2) is 7.58. The average molecular weight is 387 g/mol. The lowest BCUT2D eigenvalue weighted by Gasteiger charge is -2.30. The van der Waals surface area contributed by atoms with E-state index in [0.717, 1.165) is 29.3 Å². The molecule has 0 spiro atoms. The largest absolute Gasteiger partial charge is 0.354 e. The number of halogens is 2. The standard InChI is InChI=1S/C17H23F2N3O3S/c18-13-3-4-14(19)16(9-13)26(24,25)22-7-5-12(6-8-22)17(23)21-10-15(20)11-1-2-11/h3-4,9,11-12,15H,1-2,5-8,10,20H2,(H,21,23). The Morgan fingerprint density at radius 1 is 1.23 bits per heavy atom. The van der Waals surface area contributed by atoms with Gasteiger partial charge in [-0.15, -0.1) is 0 Å². The van der Waals surface area contributed by atoms with Gasteiger partial charge in [0, 0.05) is 31.6 Å². The lowest BCUT2D eigenvalue weighted by molar-refractivity contribution is -0.126. The normalized spacial score (nSPS) is 20.7. The van der Waals surface area contributed by atoms with Crippen molar-refractivity contribution < 1.29 is 22.0 Å². The highest BCUT2D eigenvalue weighted by atomic mass is 32.2. The van der Waals surface area contributed by atoms with Crippen LogP contribution in [0.15, 0.2) is 23.1 Å². The van der Waals surface area contributed by atoms with Gasteiger partial charge < -0.3 is 11.1 Å². The molecule has 1 aliphatic carbocycles. The number of amides is 1. The summed E-state index contributed by atoms with van der Waals surface area (Å²) in [4.78, 5) is 11.6. The summed E-state index contributed by atoms with van der Waals surface area (Å²) in [6.07, 6.45) is 2.87. The van der Waals surface area contributed by atoms with Crippen LogP contribution in [0.2, 0.25) is 0 Å². The molecule has 2 fully saturated rings. The maximum Gasteiger partial charge on any atom is 0.246 e. The molecule has 1 amide bonds. The second-order valence-electron chi connectivity index (χ2n) is 7.00. The van der Waals surface area contributed by atoms with Crippen LogP contribution in [-0.2, 0) is 14.8 Å². The number of benzene rings is 1. The molecule has 1 saturated heterocycles. The summed E-state index contributed by atoms with van der Waals surface area (Å²) in [5, 5.41) is 2.83. The number of hydrogen-bond donors (Lipinski definition) is 2. The smallest absolute Gasteiger partial charge is 0.246 e. The minimum absolute atomic E-state index is 0.0321. The summed E-state index contributed by atoms with van der Waals surface area (Å²) < 4.78 is 53.3. The van der Waals surface area contributed by atoms with Gasteiger partial charge in [0.2, 0.25) is 15.9 Å². The molecule has 1 aliphatic heterocycles. The van der Waals surface area contributed by atoms with Crippen LogP contribution >= 0.6 is 0 Å². The maximum atomic E-state index is 13.8. The predicted molar refractivity (Wildman–Crippen MR) is 91.5 cm³/mol. The van der Waals surface area contributed by atoms with Gasteiger partial charge in [-0.05, 0) is 49.8 Å². The highest BCUT2D eigenvalue weighted by Crippen LogP contribution is 2.31. The molecule has 1 aromatic rings. The Balaban J connectivity index is 1.57. The van der Waals surface area contributed by atoms with Gasteiger partial charge >= 0.3 is 0 Å². The Kier molecular flexibility index (Phi) is 5.59. The van der Waals surface area contributed by atoms with Crippen molar-refractivity contribution in [2.75, 3.05) is 19.6 Å². The van der Waals surface area contributed by atoms with Crippen LogP contribution in [0.4, 0.5) is 8.78 Å². The summed E-state index contributed by atoms with van der Waals surface area (Å²) in [5.41, 5.74) is 5.96. The van der Waals surface area contributed by atoms with E-state index in [1.165, 1.54) is 0 Å². The molecular formula is C17H23F2N3O3S. The molecular weight excluding hydrogens is 364 g/mol. The summed E-state index contributed by atoms with van der Waals surface area (Å²) in [6.45, 7) is 0.604. The quantitative estimate of drug-likeness (QED) is 0.768. The third-order valence-electron chi connectivity index (χ3n) is 5.08. The summed E-state index contributed by atoms with van der Waals surface area (Å²) >= 11 is 0. The Morgan fingerprint density at radius 3 is 2.50 bits per heavy atom. The van der Waals surface area contributed by atoms with E-state index >= 15 is 0 Å². The number of carbonyl (C=O) groups excluding carboxylic acids is 1. The molecule has 0 bridgehead atoms. The first kappa shape index (κ1) is 19.2. The van der Waals surface area contributed by atoms with Gasteiger partial charge in [-0.25, -0.2) is 17.2 Å². The van der Waals surface area contributed by atoms with E-state index in [1.54, 1.807) is 0 Å². The van der Waals surface area contributed by atoms with Crippen molar-refractivity contribution in [1.29, 1.82) is 0 Å². The zero-order valence-electron chi connectivity index (χ0n) is 14.3. The van der Waals surface area contributed by atoms with Crippen molar-refractivity contribution in [3.05, 3.63) is 29.8 Å². The van der Waals surface area contributed by atoms with Crippen molar-refractivity contribution in [2.45, 2.75) is 36.6 Å². The van der Waals surface area contributed by atoms with E-state index in [9.17, 15) is 22.0 Å². The highest BCUT2D eigenvalue weighted by molar-refractivity contribution is 7.89. The minimum Gasteiger partial charge on any atom is -0.354 e. The topological polar surface area (TPSA) is 92.5 Å². The van der Waals surface area contributed by atoms with Crippen LogP contribution in [0, 0.1) is 23.5 Å². The third kappa shape index (κ3) is 4.21. The van der Waals surface area contributed by atoms with Crippen molar-refractivity contribution in [3.63, 3.8) is 0 Å². The van der Waals surface area contributed by atoms with Crippen LogP contribution < -0.4 is 11.1 Å². The highest BCUT2D eigenvalue weighted by Gasteiger charge is 2.34. The Bertz CT molecular complexity index is 775. The van der Waals surface area contributed by atoms with E-state index in [2.05, 4.69) is 5.32 Å². The van der Waals surface area contributed by atoms with E-state index in [-0.39, 0.29) is 31.0 Å². The Labute approximate surface area is 151 Å². The summed E-state index contributed by atoms with van der Waals surface area (Å²) in [6, 6.07) is 2.32. The molecule has 1 saturated carbocycles. The molecule has 3 N–H and O–H groups in total. The molecule has 6 nitrogen and oxygen atoms in total. The first-order valence-electron chi connectivity index (χ1n) is 8.77. The van der Waals surface area contributed by atoms with Gasteiger partial charge in [-0.3, -0.25) is 4.79 Å². The van der Waals surface area contributed by atoms with E-state index in [4.69, 9.17) is 5.73 Å². The third-order valence-corrected chi connectivity index (χ3v) is 6.99. The first-order chi connectivity index (χ1) is 12.3. The molecule has 144 valence electrons. The van der Waals surface area contributed by atoms with Gasteiger partial charge in [-0.1, -0.05) is 0 Å². The molecule has 2 aliphatic rings. The van der Waals surface area contributed by atoms with Gasteiger partial charge in [0.1, 0.15) is 16.5 Å². The SMILES string of the molecule is NC(CNC(=O)C1CCN(S(=O)(=O)c2cc(F)ccc2F)CC1)C1CC1. The molecule has 26 heavy (non-hydrogen) atoms. The lowest BCUT2D eigenvalue weighted by atomic mass is 9.97. The molecule has 1 heterocycles. The minimum atomic E-state index is -4.13. The fourth-order valence-corrected chi connectivity index (χ4v) is 4.77. The lowest BCUT2D eigenvalue weighted by Crippen LogP contribution is -2.45. The average Bonchev–Trinajstić information content (AvgIpc) is 3.46. The van der Waals surface area contributed by atoms with Crippen LogP contribution in [0.25, 0.3) is 0 Å². The van der Waals surface area contributed by atoms with E-state index in [1.807, 2.05) is 0 Å². The zero-order valence-corrected chi connectivity index (χ0v) is 15.1. The predicted octanol–water partition coefficient (Wildman–Crippen LogP) is 1.22. The molecule has 0 radical (unpaired) electrons. The number of piperidine rings is 1. The molecule has 1 atom stereocenters. The second-order valence-corrected chi connectivity index (χ2v) is 8.91. The fraction of sp³-hybridized carbons (Fsp3) is 0.588. The van der Waals surface area contributed by atoms with Gasteiger partial charge in [0.15, 0.2) is 0 Å². The molecule has 1 aromatic carbocycles. The van der Waals surface area contributed by atoms with Gasteiger partial charge in [0.05, 0.1) is 0 Å². The monoisotopic (exact) mass is 387 g/mol. The van der Waals surface area contributed by atoms with Gasteiger partial charge in [-0.2, -0.15) is 4.31 Å². The number of nitrogens with zero attached hydrogens (tertiary/aromatic N) is 1. The maximum absolute atomic E-state index is 13.8. The number of rotatable bonds is 6. The Morgan fingerprint density at radius 2 is 1.88 bits per heavy atom. The van der Waals surface area contributed by atoms with Crippen molar-refractivity contribution in [2.24, 2.45) is 17.6 Å². The fourth-order valence-electron chi connectivity index (χ4n) is 3.23. The zero-order chi connectivity index (χ0) is 18.9. The van der Waals surface area contributed by atoms with Crippen molar-refractivity contribution in [3.8, 4) is 0 Å². The van der Waals surface area contributed by atoms with Crippen LogP contribution in [-0.4, -0.2) is 44.3 Å². The van der Waals surface area contributed by atoms with E-state index in [0.29, 0.717) is 31.4 Å². The summed E-state index contributed by atoms with van der Waals surface area (Å²) in [7, 11) is -4.13. The number of carbonyl (C=O) groups is 1. The van der Waals surface area contributed by atoms with Crippen LogP contribution in [0.3, 0.4) is 0 Å². The molecule has 9 heteroatoms.